The van der Waals surface area contributed by atoms with Crippen LogP contribution in [0.5, 0.6) is 0 Å². The van der Waals surface area contributed by atoms with E-state index in [4.69, 9.17) is 0 Å². The molecule has 0 unspecified atom stereocenters. The molecule has 3 fully saturated rings. The second-order valence-corrected chi connectivity index (χ2v) is 8.25. The Hall–Kier alpha value is -0.130. The number of nitrogens with zero attached hydrogens (tertiary/aromatic N) is 1. The molecule has 2 aliphatic carbocycles. The van der Waals surface area contributed by atoms with E-state index in [1.165, 1.54) is 10.8 Å². The highest BCUT2D eigenvalue weighted by molar-refractivity contribution is 7.89. The van der Waals surface area contributed by atoms with Gasteiger partial charge in [-0.15, -0.1) is 4.41 Å². The van der Waals surface area contributed by atoms with Crippen molar-refractivity contribution >= 4 is 10.0 Å². The standard InChI is InChI=1S/C11H20N2O2S/c1-10(2)8-4-5-11(10)7-16(14,15)13(3)12-9(11)6-8/h8-9,12H,4-7H2,1-3H3/t8-,9-,11-/m1/s1. The zero-order chi connectivity index (χ0) is 11.8. The van der Waals surface area contributed by atoms with Crippen molar-refractivity contribution in [3.8, 4) is 0 Å². The van der Waals surface area contributed by atoms with Gasteiger partial charge >= 0.3 is 0 Å². The lowest BCUT2D eigenvalue weighted by molar-refractivity contribution is 0.0829. The first-order valence-corrected chi connectivity index (χ1v) is 7.63. The molecular weight excluding hydrogens is 224 g/mol. The molecule has 1 spiro atoms. The van der Waals surface area contributed by atoms with Crippen molar-refractivity contribution in [1.82, 2.24) is 9.84 Å². The Morgan fingerprint density at radius 2 is 2.06 bits per heavy atom. The number of hydrogen-bond acceptors (Lipinski definition) is 3. The van der Waals surface area contributed by atoms with Gasteiger partial charge < -0.3 is 0 Å². The summed E-state index contributed by atoms with van der Waals surface area (Å²) < 4.78 is 25.4. The van der Waals surface area contributed by atoms with Crippen LogP contribution in [0.3, 0.4) is 0 Å². The number of nitrogens with one attached hydrogen (secondary N) is 1. The van der Waals surface area contributed by atoms with Gasteiger partial charge in [0.05, 0.1) is 5.75 Å². The highest BCUT2D eigenvalue weighted by atomic mass is 32.2. The summed E-state index contributed by atoms with van der Waals surface area (Å²) in [7, 11) is -1.48. The van der Waals surface area contributed by atoms with E-state index in [0.29, 0.717) is 17.7 Å². The maximum absolute atomic E-state index is 12.1. The Bertz CT molecular complexity index is 431. The quantitative estimate of drug-likeness (QED) is 0.690. The lowest BCUT2D eigenvalue weighted by atomic mass is 9.69. The topological polar surface area (TPSA) is 49.4 Å². The zero-order valence-corrected chi connectivity index (χ0v) is 11.0. The van der Waals surface area contributed by atoms with E-state index in [-0.39, 0.29) is 10.8 Å². The zero-order valence-electron chi connectivity index (χ0n) is 10.2. The lowest BCUT2D eigenvalue weighted by Crippen LogP contribution is -2.62. The van der Waals surface area contributed by atoms with Gasteiger partial charge in [0, 0.05) is 18.5 Å². The minimum Gasteiger partial charge on any atom is -0.238 e. The first-order valence-electron chi connectivity index (χ1n) is 6.02. The van der Waals surface area contributed by atoms with Crippen LogP contribution in [0, 0.1) is 16.7 Å². The van der Waals surface area contributed by atoms with E-state index in [2.05, 4.69) is 19.3 Å². The van der Waals surface area contributed by atoms with Crippen LogP contribution in [0.2, 0.25) is 0 Å². The van der Waals surface area contributed by atoms with Crippen LogP contribution in [-0.4, -0.2) is 31.7 Å². The van der Waals surface area contributed by atoms with Crippen LogP contribution in [0.15, 0.2) is 0 Å². The van der Waals surface area contributed by atoms with Gasteiger partial charge in [-0.25, -0.2) is 13.8 Å². The fourth-order valence-electron chi connectivity index (χ4n) is 4.32. The number of sulfonamides is 1. The second kappa shape index (κ2) is 2.82. The summed E-state index contributed by atoms with van der Waals surface area (Å²) in [6.45, 7) is 4.51. The predicted molar refractivity (Wildman–Crippen MR) is 62.0 cm³/mol. The van der Waals surface area contributed by atoms with E-state index >= 15 is 0 Å². The van der Waals surface area contributed by atoms with Crippen molar-refractivity contribution in [1.29, 1.82) is 0 Å². The van der Waals surface area contributed by atoms with Crippen LogP contribution >= 0.6 is 0 Å². The van der Waals surface area contributed by atoms with Crippen LogP contribution in [0.1, 0.15) is 33.1 Å². The molecule has 1 aliphatic heterocycles. The molecule has 2 bridgehead atoms. The van der Waals surface area contributed by atoms with Crippen molar-refractivity contribution < 1.29 is 8.42 Å². The first-order chi connectivity index (χ1) is 7.30. The van der Waals surface area contributed by atoms with Gasteiger partial charge in [-0.1, -0.05) is 13.8 Å². The molecule has 16 heavy (non-hydrogen) atoms. The SMILES string of the molecule is CN1N[C@@H]2C[C@H]3CC[C@]2(CS1(=O)=O)C3(C)C. The molecule has 1 heterocycles. The van der Waals surface area contributed by atoms with Gasteiger partial charge in [0.1, 0.15) is 0 Å². The Kier molecular flexibility index (Phi) is 1.93. The molecular formula is C11H20N2O2S. The minimum absolute atomic E-state index is 0.0248. The minimum atomic E-state index is -3.11. The molecule has 0 amide bonds. The van der Waals surface area contributed by atoms with Crippen LogP contribution in [0.4, 0.5) is 0 Å². The third kappa shape index (κ3) is 1.05. The van der Waals surface area contributed by atoms with E-state index in [9.17, 15) is 8.42 Å². The average molecular weight is 244 g/mol. The molecule has 92 valence electrons. The van der Waals surface area contributed by atoms with Crippen molar-refractivity contribution in [2.45, 2.75) is 39.2 Å². The van der Waals surface area contributed by atoms with E-state index < -0.39 is 10.0 Å². The molecule has 3 aliphatic rings. The summed E-state index contributed by atoms with van der Waals surface area (Å²) in [4.78, 5) is 0. The van der Waals surface area contributed by atoms with Gasteiger partial charge in [-0.05, 0) is 30.6 Å². The third-order valence-corrected chi connectivity index (χ3v) is 7.44. The summed E-state index contributed by atoms with van der Waals surface area (Å²) in [6.07, 6.45) is 3.40. The molecule has 1 N–H and O–H groups in total. The van der Waals surface area contributed by atoms with E-state index in [1.54, 1.807) is 7.05 Å². The molecule has 0 aromatic carbocycles. The molecule has 5 heteroatoms. The number of rotatable bonds is 0. The Labute approximate surface area is 97.4 Å². The molecule has 2 saturated carbocycles. The highest BCUT2D eigenvalue weighted by Crippen LogP contribution is 2.66. The van der Waals surface area contributed by atoms with E-state index in [1.807, 2.05) is 0 Å². The van der Waals surface area contributed by atoms with Crippen LogP contribution < -0.4 is 5.43 Å². The fraction of sp³-hybridized carbons (Fsp3) is 1.00. The maximum atomic E-state index is 12.1. The summed E-state index contributed by atoms with van der Waals surface area (Å²) in [5.41, 5.74) is 3.33. The van der Waals surface area contributed by atoms with Crippen molar-refractivity contribution in [2.24, 2.45) is 16.7 Å². The van der Waals surface area contributed by atoms with Crippen molar-refractivity contribution in [2.75, 3.05) is 12.8 Å². The van der Waals surface area contributed by atoms with Gasteiger partial charge in [0.2, 0.25) is 10.0 Å². The van der Waals surface area contributed by atoms with Gasteiger partial charge in [0.25, 0.3) is 0 Å². The normalized spacial score (nSPS) is 49.2. The molecule has 0 radical (unpaired) electrons. The van der Waals surface area contributed by atoms with Crippen LogP contribution in [0.25, 0.3) is 0 Å². The third-order valence-electron chi connectivity index (χ3n) is 5.62. The first kappa shape index (κ1) is 11.0. The lowest BCUT2D eigenvalue weighted by Gasteiger charge is -2.47. The maximum Gasteiger partial charge on any atom is 0.227 e. The van der Waals surface area contributed by atoms with Crippen molar-refractivity contribution in [3.05, 3.63) is 0 Å². The summed E-state index contributed by atoms with van der Waals surface area (Å²) in [5, 5.41) is 0. The van der Waals surface area contributed by atoms with Crippen LogP contribution in [-0.2, 0) is 10.0 Å². The molecule has 3 atom stereocenters. The van der Waals surface area contributed by atoms with Crippen molar-refractivity contribution in [3.63, 3.8) is 0 Å². The van der Waals surface area contributed by atoms with E-state index in [0.717, 1.165) is 12.8 Å². The fourth-order valence-corrected chi connectivity index (χ4v) is 6.17. The summed E-state index contributed by atoms with van der Waals surface area (Å²) in [5.74, 6) is 1.02. The Balaban J connectivity index is 2.08. The monoisotopic (exact) mass is 244 g/mol. The predicted octanol–water partition coefficient (Wildman–Crippen LogP) is 0.961. The summed E-state index contributed by atoms with van der Waals surface area (Å²) in [6, 6.07) is 0.356. The van der Waals surface area contributed by atoms with Gasteiger partial charge in [-0.3, -0.25) is 0 Å². The molecule has 1 saturated heterocycles. The van der Waals surface area contributed by atoms with Gasteiger partial charge in [0.15, 0.2) is 0 Å². The number of hydrazine groups is 1. The summed E-state index contributed by atoms with van der Waals surface area (Å²) >= 11 is 0. The molecule has 0 aromatic rings. The Morgan fingerprint density at radius 1 is 1.38 bits per heavy atom. The highest BCUT2D eigenvalue weighted by Gasteiger charge is 2.67. The molecule has 4 nitrogen and oxygen atoms in total. The molecule has 0 aromatic heterocycles. The number of hydrogen-bond donors (Lipinski definition) is 1. The van der Waals surface area contributed by atoms with Gasteiger partial charge in [-0.2, -0.15) is 0 Å². The Morgan fingerprint density at radius 3 is 2.69 bits per heavy atom. The number of fused-ring (bicyclic) bond motifs is 1. The second-order valence-electron chi connectivity index (χ2n) is 6.25. The smallest absolute Gasteiger partial charge is 0.227 e. The largest absolute Gasteiger partial charge is 0.238 e. The molecule has 3 rings (SSSR count). The average Bonchev–Trinajstić information content (AvgIpc) is 2.49.